The normalized spacial score (nSPS) is 22.5. The number of fused-ring (bicyclic) bond motifs is 5. The van der Waals surface area contributed by atoms with E-state index in [1.165, 1.54) is 35.7 Å². The maximum atomic E-state index is 3.80. The predicted octanol–water partition coefficient (Wildman–Crippen LogP) is 4.62. The summed E-state index contributed by atoms with van der Waals surface area (Å²) >= 11 is 0. The Morgan fingerprint density at radius 1 is 0.958 bits per heavy atom. The Balaban J connectivity index is 1.60. The molecule has 2 unspecified atom stereocenters. The van der Waals surface area contributed by atoms with Crippen LogP contribution in [0.2, 0.25) is 0 Å². The Morgan fingerprint density at radius 2 is 1.79 bits per heavy atom. The summed E-state index contributed by atoms with van der Waals surface area (Å²) in [6, 6.07) is 20.6. The Kier molecular flexibility index (Phi) is 3.45. The van der Waals surface area contributed by atoms with E-state index in [1.807, 2.05) is 0 Å². The van der Waals surface area contributed by atoms with Crippen molar-refractivity contribution in [3.8, 4) is 0 Å². The highest BCUT2D eigenvalue weighted by Crippen LogP contribution is 2.43. The molecule has 2 atom stereocenters. The van der Waals surface area contributed by atoms with Crippen LogP contribution in [0, 0.1) is 0 Å². The highest BCUT2D eigenvalue weighted by Gasteiger charge is 2.36. The second-order valence-corrected chi connectivity index (χ2v) is 7.29. The maximum Gasteiger partial charge on any atom is 0.0486 e. The third-order valence-electron chi connectivity index (χ3n) is 6.00. The zero-order valence-corrected chi connectivity index (χ0v) is 14.0. The van der Waals surface area contributed by atoms with E-state index in [0.29, 0.717) is 12.0 Å². The summed E-state index contributed by atoms with van der Waals surface area (Å²) in [6.45, 7) is 2.12. The molecule has 3 aromatic rings. The van der Waals surface area contributed by atoms with Crippen molar-refractivity contribution in [3.05, 3.63) is 71.4 Å². The summed E-state index contributed by atoms with van der Waals surface area (Å²) in [5, 5.41) is 5.26. The van der Waals surface area contributed by atoms with Crippen molar-refractivity contribution in [2.24, 2.45) is 0 Å². The fourth-order valence-electron chi connectivity index (χ4n) is 4.90. The van der Waals surface area contributed by atoms with Gasteiger partial charge in [0.25, 0.3) is 0 Å². The van der Waals surface area contributed by atoms with Crippen molar-refractivity contribution in [3.63, 3.8) is 0 Å². The lowest BCUT2D eigenvalue weighted by Crippen LogP contribution is -2.36. The summed E-state index contributed by atoms with van der Waals surface area (Å²) < 4.78 is 2.64. The van der Waals surface area contributed by atoms with Gasteiger partial charge in [-0.1, -0.05) is 55.0 Å². The number of nitrogens with one attached hydrogen (secondary N) is 1. The average molecular weight is 316 g/mol. The largest absolute Gasteiger partial charge is 0.344 e. The van der Waals surface area contributed by atoms with Gasteiger partial charge >= 0.3 is 0 Å². The Hall–Kier alpha value is -2.06. The van der Waals surface area contributed by atoms with Crippen LogP contribution in [0.15, 0.2) is 54.6 Å². The third kappa shape index (κ3) is 2.21. The molecule has 0 amide bonds. The first-order valence-corrected chi connectivity index (χ1v) is 9.29. The SMILES string of the molecule is c1ccc(CCn2c3c(c4ccccc42)CNC2CCCC32)cc1. The lowest BCUT2D eigenvalue weighted by molar-refractivity contribution is 0.428. The van der Waals surface area contributed by atoms with Crippen LogP contribution in [-0.4, -0.2) is 10.6 Å². The Bertz CT molecular complexity index is 862. The molecular weight excluding hydrogens is 292 g/mol. The van der Waals surface area contributed by atoms with E-state index >= 15 is 0 Å². The molecule has 0 spiro atoms. The van der Waals surface area contributed by atoms with Crippen LogP contribution in [-0.2, 0) is 19.5 Å². The quantitative estimate of drug-likeness (QED) is 0.746. The zero-order valence-electron chi connectivity index (χ0n) is 14.0. The van der Waals surface area contributed by atoms with Crippen molar-refractivity contribution in [2.75, 3.05) is 0 Å². The fourth-order valence-corrected chi connectivity index (χ4v) is 4.90. The molecular formula is C22H24N2. The van der Waals surface area contributed by atoms with Gasteiger partial charge < -0.3 is 9.88 Å². The smallest absolute Gasteiger partial charge is 0.0486 e. The number of nitrogens with zero attached hydrogens (tertiary/aromatic N) is 1. The van der Waals surface area contributed by atoms with Crippen molar-refractivity contribution >= 4 is 10.9 Å². The van der Waals surface area contributed by atoms with E-state index in [-0.39, 0.29) is 0 Å². The molecule has 122 valence electrons. The molecule has 1 saturated carbocycles. The second kappa shape index (κ2) is 5.78. The second-order valence-electron chi connectivity index (χ2n) is 7.29. The molecule has 1 aliphatic heterocycles. The van der Waals surface area contributed by atoms with E-state index in [0.717, 1.165) is 19.5 Å². The molecule has 1 N–H and O–H groups in total. The number of aryl methyl sites for hydroxylation is 2. The molecule has 2 heteroatoms. The van der Waals surface area contributed by atoms with Gasteiger partial charge in [-0.2, -0.15) is 0 Å². The minimum Gasteiger partial charge on any atom is -0.344 e. The summed E-state index contributed by atoms with van der Waals surface area (Å²) in [7, 11) is 0. The summed E-state index contributed by atoms with van der Waals surface area (Å²) in [5.41, 5.74) is 6.05. The topological polar surface area (TPSA) is 17.0 Å². The van der Waals surface area contributed by atoms with Gasteiger partial charge in [0.1, 0.15) is 0 Å². The van der Waals surface area contributed by atoms with Gasteiger partial charge in [0.05, 0.1) is 0 Å². The molecule has 0 saturated heterocycles. The van der Waals surface area contributed by atoms with E-state index in [1.54, 1.807) is 11.3 Å². The third-order valence-corrected chi connectivity index (χ3v) is 6.00. The molecule has 0 bridgehead atoms. The van der Waals surface area contributed by atoms with Crippen molar-refractivity contribution in [1.82, 2.24) is 9.88 Å². The molecule has 2 aromatic carbocycles. The van der Waals surface area contributed by atoms with Crippen molar-refractivity contribution in [2.45, 2.75) is 50.7 Å². The van der Waals surface area contributed by atoms with Crippen molar-refractivity contribution in [1.29, 1.82) is 0 Å². The maximum absolute atomic E-state index is 3.80. The number of para-hydroxylation sites is 1. The minimum absolute atomic E-state index is 0.692. The fraction of sp³-hybridized carbons (Fsp3) is 0.364. The van der Waals surface area contributed by atoms with Gasteiger partial charge in [0.2, 0.25) is 0 Å². The van der Waals surface area contributed by atoms with E-state index in [2.05, 4.69) is 64.5 Å². The number of aromatic nitrogens is 1. The van der Waals surface area contributed by atoms with Crippen LogP contribution in [0.5, 0.6) is 0 Å². The van der Waals surface area contributed by atoms with Crippen LogP contribution in [0.25, 0.3) is 10.9 Å². The van der Waals surface area contributed by atoms with Gasteiger partial charge in [-0.05, 0) is 36.5 Å². The van der Waals surface area contributed by atoms with Gasteiger partial charge in [-0.15, -0.1) is 0 Å². The van der Waals surface area contributed by atoms with Crippen LogP contribution in [0.3, 0.4) is 0 Å². The Morgan fingerprint density at radius 3 is 2.71 bits per heavy atom. The molecule has 0 radical (unpaired) electrons. The van der Waals surface area contributed by atoms with Gasteiger partial charge in [-0.3, -0.25) is 0 Å². The lowest BCUT2D eigenvalue weighted by atomic mass is 9.91. The monoisotopic (exact) mass is 316 g/mol. The molecule has 2 heterocycles. The predicted molar refractivity (Wildman–Crippen MR) is 99.3 cm³/mol. The lowest BCUT2D eigenvalue weighted by Gasteiger charge is -2.29. The van der Waals surface area contributed by atoms with E-state index in [9.17, 15) is 0 Å². The molecule has 2 aliphatic rings. The molecule has 5 rings (SSSR count). The van der Waals surface area contributed by atoms with Crippen LogP contribution >= 0.6 is 0 Å². The van der Waals surface area contributed by atoms with Gasteiger partial charge in [-0.25, -0.2) is 0 Å². The van der Waals surface area contributed by atoms with E-state index in [4.69, 9.17) is 0 Å². The number of hydrogen-bond acceptors (Lipinski definition) is 1. The highest BCUT2D eigenvalue weighted by atomic mass is 15.0. The summed E-state index contributed by atoms with van der Waals surface area (Å²) in [6.07, 6.45) is 5.15. The van der Waals surface area contributed by atoms with Crippen LogP contribution < -0.4 is 5.32 Å². The standard InChI is InChI=1S/C22H24N2/c1-2-7-16(8-3-1)13-14-24-21-12-5-4-9-17(21)19-15-23-20-11-6-10-18(20)22(19)24/h1-5,7-9,12,18,20,23H,6,10-11,13-15H2. The first-order valence-electron chi connectivity index (χ1n) is 9.29. The minimum atomic E-state index is 0.692. The van der Waals surface area contributed by atoms with Crippen LogP contribution in [0.4, 0.5) is 0 Å². The van der Waals surface area contributed by atoms with E-state index < -0.39 is 0 Å². The van der Waals surface area contributed by atoms with Gasteiger partial charge in [0.15, 0.2) is 0 Å². The van der Waals surface area contributed by atoms with Gasteiger partial charge in [0, 0.05) is 41.6 Å². The molecule has 1 aliphatic carbocycles. The Labute approximate surface area is 143 Å². The van der Waals surface area contributed by atoms with Crippen molar-refractivity contribution < 1.29 is 0 Å². The molecule has 1 aromatic heterocycles. The average Bonchev–Trinajstić information content (AvgIpc) is 3.23. The number of benzene rings is 2. The number of hydrogen-bond donors (Lipinski definition) is 1. The highest BCUT2D eigenvalue weighted by molar-refractivity contribution is 5.86. The molecule has 24 heavy (non-hydrogen) atoms. The summed E-state index contributed by atoms with van der Waals surface area (Å²) in [5.74, 6) is 0.705. The molecule has 1 fully saturated rings. The zero-order chi connectivity index (χ0) is 15.9. The number of rotatable bonds is 3. The summed E-state index contributed by atoms with van der Waals surface area (Å²) in [4.78, 5) is 0. The first kappa shape index (κ1) is 14.3. The van der Waals surface area contributed by atoms with Crippen LogP contribution in [0.1, 0.15) is 42.0 Å². The molecule has 2 nitrogen and oxygen atoms in total. The first-order chi connectivity index (χ1) is 11.9.